The van der Waals surface area contributed by atoms with Gasteiger partial charge in [-0.1, -0.05) is 41.7 Å². The second-order valence-electron chi connectivity index (χ2n) is 8.52. The third-order valence-electron chi connectivity index (χ3n) is 6.99. The van der Waals surface area contributed by atoms with Crippen molar-refractivity contribution in [2.24, 2.45) is 10.9 Å². The number of hydrogen-bond donors (Lipinski definition) is 1. The highest BCUT2D eigenvalue weighted by Gasteiger charge is 2.88. The van der Waals surface area contributed by atoms with Gasteiger partial charge < -0.3 is 19.3 Å². The van der Waals surface area contributed by atoms with Crippen molar-refractivity contribution in [1.82, 2.24) is 4.57 Å². The number of carbonyl (C=O) groups excluding carboxylic acids is 1. The number of aromatic hydroxyl groups is 1. The van der Waals surface area contributed by atoms with Gasteiger partial charge in [-0.15, -0.1) is 0 Å². The molecule has 0 radical (unpaired) electrons. The van der Waals surface area contributed by atoms with Gasteiger partial charge in [-0.2, -0.15) is 0 Å². The lowest BCUT2D eigenvalue weighted by atomic mass is 9.97. The molecule has 168 valence electrons. The van der Waals surface area contributed by atoms with E-state index in [1.807, 2.05) is 31.2 Å². The molecule has 33 heavy (non-hydrogen) atoms. The van der Waals surface area contributed by atoms with Crippen molar-refractivity contribution in [2.45, 2.75) is 24.1 Å². The summed E-state index contributed by atoms with van der Waals surface area (Å²) in [6.45, 7) is 1.87. The Morgan fingerprint density at radius 1 is 1.24 bits per heavy atom. The molecule has 0 saturated heterocycles. The average Bonchev–Trinajstić information content (AvgIpc) is 3.02. The number of hydrogen-bond acceptors (Lipinski definition) is 8. The normalized spacial score (nSPS) is 28.5. The first-order valence-electron chi connectivity index (χ1n) is 10.4. The van der Waals surface area contributed by atoms with Gasteiger partial charge in [-0.05, 0) is 25.1 Å². The number of rotatable bonds is 3. The van der Waals surface area contributed by atoms with E-state index < -0.39 is 29.1 Å². The summed E-state index contributed by atoms with van der Waals surface area (Å²) in [6.07, 6.45) is 1.63. The Morgan fingerprint density at radius 2 is 2.03 bits per heavy atom. The Kier molecular flexibility index (Phi) is 3.93. The number of para-hydroxylation sites is 2. The molecule has 3 aliphatic rings. The molecule has 4 unspecified atom stereocenters. The molecular weight excluding hydrogens is 444 g/mol. The second-order valence-corrected chi connectivity index (χ2v) is 9.53. The molecule has 6 rings (SSSR count). The van der Waals surface area contributed by atoms with E-state index in [1.165, 1.54) is 25.6 Å². The van der Waals surface area contributed by atoms with E-state index in [1.54, 1.807) is 28.8 Å². The SMILES string of the molecule is COC(=O)C1C2(C)N=c3sc(=Cc4cccc(OC)c4O)c(=O)n3C3c4ccccc4OC312. The molecule has 2 aliphatic heterocycles. The smallest absolute Gasteiger partial charge is 0.315 e. The number of thiazole rings is 1. The minimum atomic E-state index is -1.02. The summed E-state index contributed by atoms with van der Waals surface area (Å²) in [6, 6.07) is 12.1. The number of aromatic nitrogens is 1. The zero-order chi connectivity index (χ0) is 23.1. The maximum atomic E-state index is 13.6. The van der Waals surface area contributed by atoms with Crippen LogP contribution in [-0.4, -0.2) is 41.0 Å². The van der Waals surface area contributed by atoms with Crippen LogP contribution in [0, 0.1) is 5.92 Å². The number of benzene rings is 2. The fourth-order valence-electron chi connectivity index (χ4n) is 5.42. The summed E-state index contributed by atoms with van der Waals surface area (Å²) in [7, 11) is 2.82. The lowest BCUT2D eigenvalue weighted by Crippen LogP contribution is -2.47. The molecule has 1 N–H and O–H groups in total. The van der Waals surface area contributed by atoms with Crippen molar-refractivity contribution in [2.75, 3.05) is 14.2 Å². The third kappa shape index (κ3) is 2.32. The van der Waals surface area contributed by atoms with Gasteiger partial charge in [-0.3, -0.25) is 14.2 Å². The third-order valence-corrected chi connectivity index (χ3v) is 7.98. The minimum absolute atomic E-state index is 0.0423. The van der Waals surface area contributed by atoms with E-state index >= 15 is 0 Å². The van der Waals surface area contributed by atoms with Crippen LogP contribution in [0.25, 0.3) is 6.08 Å². The van der Waals surface area contributed by atoms with Gasteiger partial charge in [0.2, 0.25) is 0 Å². The topological polar surface area (TPSA) is 99.4 Å². The molecule has 1 fully saturated rings. The van der Waals surface area contributed by atoms with E-state index in [4.69, 9.17) is 19.2 Å². The van der Waals surface area contributed by atoms with Crippen LogP contribution in [0.2, 0.25) is 0 Å². The minimum Gasteiger partial charge on any atom is -0.504 e. The lowest BCUT2D eigenvalue weighted by Gasteiger charge is -2.26. The number of carbonyl (C=O) groups is 1. The van der Waals surface area contributed by atoms with E-state index in [2.05, 4.69) is 0 Å². The predicted octanol–water partition coefficient (Wildman–Crippen LogP) is 1.37. The summed E-state index contributed by atoms with van der Waals surface area (Å²) >= 11 is 1.22. The molecule has 2 aromatic carbocycles. The monoisotopic (exact) mass is 464 g/mol. The zero-order valence-electron chi connectivity index (χ0n) is 18.1. The largest absolute Gasteiger partial charge is 0.504 e. The number of nitrogens with zero attached hydrogens (tertiary/aromatic N) is 2. The zero-order valence-corrected chi connectivity index (χ0v) is 18.9. The number of phenols is 1. The molecule has 1 aliphatic carbocycles. The van der Waals surface area contributed by atoms with Crippen molar-refractivity contribution < 1.29 is 24.1 Å². The van der Waals surface area contributed by atoms with Gasteiger partial charge in [-0.25, -0.2) is 4.99 Å². The van der Waals surface area contributed by atoms with E-state index in [0.29, 0.717) is 26.4 Å². The maximum Gasteiger partial charge on any atom is 0.315 e. The number of phenolic OH excluding ortho intramolecular Hbond substituents is 1. The number of methoxy groups -OCH3 is 2. The van der Waals surface area contributed by atoms with Gasteiger partial charge in [0.15, 0.2) is 21.9 Å². The molecule has 0 bridgehead atoms. The van der Waals surface area contributed by atoms with Crippen molar-refractivity contribution >= 4 is 23.4 Å². The fourth-order valence-corrected chi connectivity index (χ4v) is 6.51. The van der Waals surface area contributed by atoms with Gasteiger partial charge in [0.25, 0.3) is 5.56 Å². The Balaban J connectivity index is 1.61. The highest BCUT2D eigenvalue weighted by atomic mass is 32.1. The highest BCUT2D eigenvalue weighted by Crippen LogP contribution is 2.70. The Labute approximate surface area is 192 Å². The summed E-state index contributed by atoms with van der Waals surface area (Å²) in [5.41, 5.74) is -0.842. The van der Waals surface area contributed by atoms with Crippen molar-refractivity contribution in [1.29, 1.82) is 0 Å². The van der Waals surface area contributed by atoms with E-state index in [9.17, 15) is 14.7 Å². The summed E-state index contributed by atoms with van der Waals surface area (Å²) in [5.74, 6) is -0.123. The Morgan fingerprint density at radius 3 is 2.79 bits per heavy atom. The fraction of sp³-hybridized carbons (Fsp3) is 0.292. The van der Waals surface area contributed by atoms with Gasteiger partial charge in [0, 0.05) is 11.1 Å². The standard InChI is InChI=1S/C24H20N2O6S/c1-23-18(21(29)31-3)24(23)19(13-8-4-5-9-14(13)32-24)26-20(28)16(33-22(26)25-23)11-12-7-6-10-15(30-2)17(12)27/h4-11,18-19,27H,1-3H3. The molecule has 9 heteroatoms. The number of fused-ring (bicyclic) bond motifs is 4. The Hall–Kier alpha value is -3.59. The maximum absolute atomic E-state index is 13.6. The molecule has 1 aromatic heterocycles. The highest BCUT2D eigenvalue weighted by molar-refractivity contribution is 7.07. The molecule has 8 nitrogen and oxygen atoms in total. The van der Waals surface area contributed by atoms with Crippen LogP contribution in [0.3, 0.4) is 0 Å². The first-order valence-corrected chi connectivity index (χ1v) is 11.2. The molecule has 0 amide bonds. The summed E-state index contributed by atoms with van der Waals surface area (Å²) in [5, 5.41) is 10.5. The molecule has 1 saturated carbocycles. The molecule has 4 atom stereocenters. The second kappa shape index (κ2) is 6.48. The van der Waals surface area contributed by atoms with Gasteiger partial charge in [0.05, 0.1) is 18.8 Å². The summed E-state index contributed by atoms with van der Waals surface area (Å²) < 4.78 is 18.7. The first kappa shape index (κ1) is 20.0. The molecule has 1 spiro atoms. The average molecular weight is 464 g/mol. The van der Waals surface area contributed by atoms with E-state index in [-0.39, 0.29) is 11.3 Å². The van der Waals surface area contributed by atoms with Crippen molar-refractivity contribution in [3.8, 4) is 17.2 Å². The number of ether oxygens (including phenoxy) is 3. The molecule has 3 heterocycles. The van der Waals surface area contributed by atoms with Crippen LogP contribution in [0.15, 0.2) is 52.3 Å². The molecule has 3 aromatic rings. The van der Waals surface area contributed by atoms with Crippen LogP contribution < -0.4 is 24.4 Å². The van der Waals surface area contributed by atoms with Gasteiger partial charge in [0.1, 0.15) is 23.2 Å². The number of esters is 1. The quantitative estimate of drug-likeness (QED) is 0.588. The van der Waals surface area contributed by atoms with Crippen LogP contribution in [0.4, 0.5) is 0 Å². The van der Waals surface area contributed by atoms with Crippen LogP contribution in [0.5, 0.6) is 17.2 Å². The van der Waals surface area contributed by atoms with Crippen molar-refractivity contribution in [3.05, 3.63) is 73.3 Å². The van der Waals surface area contributed by atoms with Crippen LogP contribution in [-0.2, 0) is 9.53 Å². The molecular formula is C24H20N2O6S. The van der Waals surface area contributed by atoms with E-state index in [0.717, 1.165) is 5.56 Å². The van der Waals surface area contributed by atoms with Crippen LogP contribution >= 0.6 is 11.3 Å². The van der Waals surface area contributed by atoms with Gasteiger partial charge >= 0.3 is 5.97 Å². The van der Waals surface area contributed by atoms with Crippen LogP contribution in [0.1, 0.15) is 24.1 Å². The predicted molar refractivity (Wildman–Crippen MR) is 119 cm³/mol. The summed E-state index contributed by atoms with van der Waals surface area (Å²) in [4.78, 5) is 31.7. The van der Waals surface area contributed by atoms with Crippen molar-refractivity contribution in [3.63, 3.8) is 0 Å². The lowest BCUT2D eigenvalue weighted by molar-refractivity contribution is -0.144. The first-order chi connectivity index (χ1) is 15.9. The Bertz CT molecular complexity index is 1520.